The highest BCUT2D eigenvalue weighted by atomic mass is 19.1. The number of rotatable bonds is 4. The Kier molecular flexibility index (Phi) is 7.48. The van der Waals surface area contributed by atoms with E-state index in [9.17, 15) is 9.18 Å². The van der Waals surface area contributed by atoms with Crippen LogP contribution in [0.2, 0.25) is 0 Å². The number of nitrogens with two attached hydrogens (primary N) is 1. The molecule has 2 aromatic rings. The molecule has 35 heavy (non-hydrogen) atoms. The van der Waals surface area contributed by atoms with Crippen molar-refractivity contribution >= 4 is 17.4 Å². The first-order valence-electron chi connectivity index (χ1n) is 13.2. The topological polar surface area (TPSA) is 91.8 Å². The third kappa shape index (κ3) is 5.28. The molecule has 10 heteroatoms. The molecule has 3 fully saturated rings. The van der Waals surface area contributed by atoms with Gasteiger partial charge in [-0.15, -0.1) is 5.10 Å². The maximum absolute atomic E-state index is 15.9. The Morgan fingerprint density at radius 3 is 2.43 bits per heavy atom. The average Bonchev–Trinajstić information content (AvgIpc) is 3.14. The van der Waals surface area contributed by atoms with Gasteiger partial charge in [-0.3, -0.25) is 14.6 Å². The van der Waals surface area contributed by atoms with Gasteiger partial charge in [0, 0.05) is 19.1 Å². The third-order valence-corrected chi connectivity index (χ3v) is 8.04. The number of anilines is 1. The van der Waals surface area contributed by atoms with E-state index in [2.05, 4.69) is 25.2 Å². The van der Waals surface area contributed by atoms with E-state index in [-0.39, 0.29) is 29.1 Å². The maximum Gasteiger partial charge on any atom is 0.259 e. The van der Waals surface area contributed by atoms with Gasteiger partial charge in [-0.1, -0.05) is 38.5 Å². The van der Waals surface area contributed by atoms with E-state index in [1.165, 1.54) is 36.6 Å². The second-order valence-electron chi connectivity index (χ2n) is 10.4. The van der Waals surface area contributed by atoms with Crippen LogP contribution in [0.3, 0.4) is 0 Å². The molecule has 192 valence electrons. The Morgan fingerprint density at radius 2 is 1.69 bits per heavy atom. The van der Waals surface area contributed by atoms with Gasteiger partial charge >= 0.3 is 0 Å². The highest BCUT2D eigenvalue weighted by Crippen LogP contribution is 2.29. The summed E-state index contributed by atoms with van der Waals surface area (Å²) in [6.45, 7) is 2.72. The van der Waals surface area contributed by atoms with Gasteiger partial charge in [0.25, 0.3) is 5.91 Å². The zero-order chi connectivity index (χ0) is 24.4. The molecule has 4 heterocycles. The van der Waals surface area contributed by atoms with Crippen LogP contribution in [0.5, 0.6) is 0 Å². The van der Waals surface area contributed by atoms with Crippen molar-refractivity contribution in [1.82, 2.24) is 29.7 Å². The highest BCUT2D eigenvalue weighted by molar-refractivity contribution is 6.04. The van der Waals surface area contributed by atoms with Gasteiger partial charge in [-0.2, -0.15) is 0 Å². The summed E-state index contributed by atoms with van der Waals surface area (Å²) in [6, 6.07) is -0.413. The molecule has 0 radical (unpaired) electrons. The Morgan fingerprint density at radius 1 is 1.00 bits per heavy atom. The fourth-order valence-corrected chi connectivity index (χ4v) is 6.34. The van der Waals surface area contributed by atoms with E-state index >= 15 is 4.39 Å². The minimum atomic E-state index is -1.05. The molecule has 5 rings (SSSR count). The van der Waals surface area contributed by atoms with Crippen molar-refractivity contribution in [3.8, 4) is 0 Å². The van der Waals surface area contributed by atoms with Crippen molar-refractivity contribution in [2.45, 2.75) is 88.5 Å². The number of hydrogen-bond donors (Lipinski definition) is 2. The molecule has 2 aliphatic heterocycles. The average molecular weight is 490 g/mol. The van der Waals surface area contributed by atoms with Gasteiger partial charge in [-0.25, -0.2) is 18.3 Å². The van der Waals surface area contributed by atoms with Crippen LogP contribution in [-0.2, 0) is 0 Å². The first kappa shape index (κ1) is 24.4. The summed E-state index contributed by atoms with van der Waals surface area (Å²) >= 11 is 0. The third-order valence-electron chi connectivity index (χ3n) is 8.04. The molecule has 1 aliphatic carbocycles. The molecule has 0 spiro atoms. The second kappa shape index (κ2) is 10.7. The van der Waals surface area contributed by atoms with E-state index in [1.807, 2.05) is 0 Å². The first-order valence-corrected chi connectivity index (χ1v) is 13.2. The number of carbonyl (C=O) groups excluding carboxylic acids is 1. The lowest BCUT2D eigenvalue weighted by Gasteiger charge is -2.49. The van der Waals surface area contributed by atoms with Gasteiger partial charge in [0.15, 0.2) is 17.3 Å². The Hall–Kier alpha value is -2.33. The first-order chi connectivity index (χ1) is 17.0. The van der Waals surface area contributed by atoms with Gasteiger partial charge in [0.2, 0.25) is 0 Å². The molecular weight excluding hydrogens is 452 g/mol. The normalized spacial score (nSPS) is 28.0. The number of hydrogen-bond acceptors (Lipinski definition) is 6. The smallest absolute Gasteiger partial charge is 0.259 e. The number of aromatic nitrogens is 3. The molecule has 2 aromatic heterocycles. The molecule has 3 unspecified atom stereocenters. The second-order valence-corrected chi connectivity index (χ2v) is 10.4. The molecule has 3 atom stereocenters. The lowest BCUT2D eigenvalue weighted by atomic mass is 9.89. The van der Waals surface area contributed by atoms with E-state index in [0.29, 0.717) is 19.1 Å². The summed E-state index contributed by atoms with van der Waals surface area (Å²) in [5, 5.41) is 7.17. The van der Waals surface area contributed by atoms with Crippen molar-refractivity contribution in [3.63, 3.8) is 0 Å². The van der Waals surface area contributed by atoms with Crippen LogP contribution in [0.25, 0.3) is 5.65 Å². The van der Waals surface area contributed by atoms with Crippen LogP contribution in [-0.4, -0.2) is 80.8 Å². The van der Waals surface area contributed by atoms with E-state index in [0.717, 1.165) is 57.6 Å². The summed E-state index contributed by atoms with van der Waals surface area (Å²) in [6.07, 6.45) is 12.7. The van der Waals surface area contributed by atoms with Crippen LogP contribution >= 0.6 is 0 Å². The molecule has 1 amide bonds. The quantitative estimate of drug-likeness (QED) is 0.686. The number of piperidine rings is 2. The Bertz CT molecular complexity index is 1020. The minimum absolute atomic E-state index is 0.0143. The molecule has 1 saturated carbocycles. The summed E-state index contributed by atoms with van der Waals surface area (Å²) in [4.78, 5) is 22.0. The monoisotopic (exact) mass is 489 g/mol. The van der Waals surface area contributed by atoms with Crippen LogP contribution in [0, 0.1) is 5.82 Å². The van der Waals surface area contributed by atoms with E-state index < -0.39 is 17.9 Å². The Labute approximate surface area is 205 Å². The van der Waals surface area contributed by atoms with Crippen LogP contribution < -0.4 is 11.1 Å². The van der Waals surface area contributed by atoms with Crippen molar-refractivity contribution < 1.29 is 13.6 Å². The van der Waals surface area contributed by atoms with Gasteiger partial charge < -0.3 is 11.1 Å². The molecular formula is C25H37F2N7O. The fourth-order valence-electron chi connectivity index (χ4n) is 6.34. The number of nitrogens with zero attached hydrogens (tertiary/aromatic N) is 5. The standard InChI is InChI=1S/C25H37F2N7O/c26-17-13-29-24-21(23(28)31-34(24)14-17)25(35)30-20-16-33(18-9-5-2-1-3-6-10-18)15-19(27)22(20)32-11-7-4-8-12-32/h13-14,18-20,22H,1-12,15-16H2,(H2,28,31)(H,30,35). The number of alkyl halides is 1. The summed E-state index contributed by atoms with van der Waals surface area (Å²) in [5.41, 5.74) is 6.35. The van der Waals surface area contributed by atoms with Crippen LogP contribution in [0.1, 0.15) is 74.6 Å². The predicted octanol–water partition coefficient (Wildman–Crippen LogP) is 3.17. The van der Waals surface area contributed by atoms with Gasteiger partial charge in [0.05, 0.1) is 24.5 Å². The number of amides is 1. The van der Waals surface area contributed by atoms with Crippen LogP contribution in [0.4, 0.5) is 14.6 Å². The van der Waals surface area contributed by atoms with Crippen molar-refractivity contribution in [1.29, 1.82) is 0 Å². The fraction of sp³-hybridized carbons (Fsp3) is 0.720. The zero-order valence-corrected chi connectivity index (χ0v) is 20.3. The molecule has 0 bridgehead atoms. The van der Waals surface area contributed by atoms with E-state index in [4.69, 9.17) is 5.73 Å². The number of fused-ring (bicyclic) bond motifs is 1. The lowest BCUT2D eigenvalue weighted by Crippen LogP contribution is -2.67. The molecule has 8 nitrogen and oxygen atoms in total. The SMILES string of the molecule is Nc1nn2cc(F)cnc2c1C(=O)NC1CN(C2CCCCCCC2)CC(F)C1N1CCCCC1. The summed E-state index contributed by atoms with van der Waals surface area (Å²) in [7, 11) is 0. The number of likely N-dealkylation sites (tertiary alicyclic amines) is 2. The largest absolute Gasteiger partial charge is 0.381 e. The van der Waals surface area contributed by atoms with Crippen molar-refractivity contribution in [3.05, 3.63) is 23.8 Å². The molecule has 2 saturated heterocycles. The minimum Gasteiger partial charge on any atom is -0.381 e. The van der Waals surface area contributed by atoms with Crippen molar-refractivity contribution in [2.24, 2.45) is 0 Å². The molecule has 0 aromatic carbocycles. The lowest BCUT2D eigenvalue weighted by molar-refractivity contribution is -0.0155. The van der Waals surface area contributed by atoms with E-state index in [1.54, 1.807) is 0 Å². The summed E-state index contributed by atoms with van der Waals surface area (Å²) < 4.78 is 30.7. The summed E-state index contributed by atoms with van der Waals surface area (Å²) in [5.74, 6) is -1.02. The molecule has 3 N–H and O–H groups in total. The number of halogens is 2. The van der Waals surface area contributed by atoms with Crippen LogP contribution in [0.15, 0.2) is 12.4 Å². The molecule has 3 aliphatic rings. The van der Waals surface area contributed by atoms with Gasteiger partial charge in [0.1, 0.15) is 11.7 Å². The zero-order valence-electron chi connectivity index (χ0n) is 20.3. The number of carbonyl (C=O) groups is 1. The number of nitrogen functional groups attached to an aromatic ring is 1. The number of nitrogens with one attached hydrogen (secondary N) is 1. The van der Waals surface area contributed by atoms with Crippen molar-refractivity contribution in [2.75, 3.05) is 31.9 Å². The highest BCUT2D eigenvalue weighted by Gasteiger charge is 2.43. The van der Waals surface area contributed by atoms with Gasteiger partial charge in [-0.05, 0) is 38.8 Å². The Balaban J connectivity index is 1.40. The maximum atomic E-state index is 15.9. The predicted molar refractivity (Wildman–Crippen MR) is 130 cm³/mol.